The minimum absolute atomic E-state index is 0.0327. The Morgan fingerprint density at radius 3 is 2.62 bits per heavy atom. The second kappa shape index (κ2) is 11.6. The van der Waals surface area contributed by atoms with Gasteiger partial charge in [0.05, 0.1) is 23.7 Å². The lowest BCUT2D eigenvalue weighted by Crippen LogP contribution is -2.56. The van der Waals surface area contributed by atoms with Gasteiger partial charge in [-0.15, -0.1) is 0 Å². The Morgan fingerprint density at radius 2 is 1.93 bits per heavy atom. The predicted octanol–water partition coefficient (Wildman–Crippen LogP) is 6.27. The Bertz CT molecular complexity index is 1370. The lowest BCUT2D eigenvalue weighted by molar-refractivity contribution is -0.139. The van der Waals surface area contributed by atoms with Gasteiger partial charge in [-0.1, -0.05) is 51.8 Å². The average molecular weight is 606 g/mol. The van der Waals surface area contributed by atoms with E-state index >= 15 is 8.78 Å². The molecule has 3 heterocycles. The zero-order valence-electron chi connectivity index (χ0n) is 24.4. The van der Waals surface area contributed by atoms with E-state index in [-0.39, 0.29) is 36.4 Å². The number of alkyl halides is 2. The molecule has 1 N–H and O–H groups in total. The van der Waals surface area contributed by atoms with E-state index in [0.717, 1.165) is 0 Å². The van der Waals surface area contributed by atoms with Crippen LogP contribution in [0.5, 0.6) is 5.88 Å². The minimum atomic E-state index is -3.24. The molecule has 11 heteroatoms. The van der Waals surface area contributed by atoms with E-state index < -0.39 is 53.9 Å². The van der Waals surface area contributed by atoms with Crippen molar-refractivity contribution in [3.05, 3.63) is 34.9 Å². The monoisotopic (exact) mass is 605 g/mol. The van der Waals surface area contributed by atoms with Gasteiger partial charge >= 0.3 is 6.09 Å². The van der Waals surface area contributed by atoms with Crippen LogP contribution < -0.4 is 10.1 Å². The molecule has 2 aromatic rings. The number of alkyl carbamates (subject to hydrolysis) is 1. The van der Waals surface area contributed by atoms with E-state index in [1.165, 1.54) is 11.0 Å². The van der Waals surface area contributed by atoms with Crippen LogP contribution in [0.1, 0.15) is 71.8 Å². The van der Waals surface area contributed by atoms with Crippen molar-refractivity contribution in [3.63, 3.8) is 0 Å². The molecule has 1 aromatic heterocycles. The number of carbonyl (C=O) groups is 3. The maximum absolute atomic E-state index is 15.9. The number of amides is 2. The first-order valence-corrected chi connectivity index (χ1v) is 15.1. The number of nitrogens with zero attached hydrogens (tertiary/aromatic N) is 2. The number of pyridine rings is 1. The summed E-state index contributed by atoms with van der Waals surface area (Å²) in [5.74, 6) is -4.31. The molecular weight excluding hydrogens is 568 g/mol. The molecule has 6 atom stereocenters. The van der Waals surface area contributed by atoms with Gasteiger partial charge in [0.25, 0.3) is 5.92 Å². The molecule has 0 radical (unpaired) electrons. The topological polar surface area (TPSA) is 97.8 Å². The highest BCUT2D eigenvalue weighted by Gasteiger charge is 2.49. The van der Waals surface area contributed by atoms with Crippen molar-refractivity contribution in [2.24, 2.45) is 17.3 Å². The van der Waals surface area contributed by atoms with Gasteiger partial charge in [-0.2, -0.15) is 0 Å². The van der Waals surface area contributed by atoms with Crippen LogP contribution in [0.15, 0.2) is 24.3 Å². The molecule has 2 aliphatic heterocycles. The first-order valence-electron chi connectivity index (χ1n) is 14.7. The molecule has 8 nitrogen and oxygen atoms in total. The standard InChI is InChI=1S/C31H38ClF2N3O5/c1-5-20-23(16-38)37-15-25(20)41-27-21(12-17-9-10-19(32)14-22(17)35-27)31(33,34)11-7-6-8-18-13-24(18)42-29(40)36-26(28(37)39)30(2,3)4/h9-10,12,14,16,18,20,23-26H,5-8,11,13,15H2,1-4H3,(H,36,40)/t18-,20+,23-,24-,25+,26-/m1/s1. The van der Waals surface area contributed by atoms with Crippen molar-refractivity contribution in [2.45, 2.75) is 96.4 Å². The van der Waals surface area contributed by atoms with E-state index in [0.29, 0.717) is 47.9 Å². The van der Waals surface area contributed by atoms with E-state index in [9.17, 15) is 14.4 Å². The highest BCUT2D eigenvalue weighted by molar-refractivity contribution is 6.31. The van der Waals surface area contributed by atoms with Gasteiger partial charge in [0.1, 0.15) is 24.5 Å². The van der Waals surface area contributed by atoms with Gasteiger partial charge in [-0.25, -0.2) is 18.6 Å². The Hall–Kier alpha value is -3.01. The second-order valence-corrected chi connectivity index (χ2v) is 13.3. The van der Waals surface area contributed by atoms with E-state index in [1.807, 2.05) is 27.7 Å². The Morgan fingerprint density at radius 1 is 1.17 bits per heavy atom. The summed E-state index contributed by atoms with van der Waals surface area (Å²) in [4.78, 5) is 45.1. The van der Waals surface area contributed by atoms with Gasteiger partial charge in [-0.05, 0) is 55.2 Å². The zero-order chi connectivity index (χ0) is 30.4. The fourth-order valence-corrected chi connectivity index (χ4v) is 6.39. The number of aldehydes is 1. The third kappa shape index (κ3) is 6.19. The molecule has 2 bridgehead atoms. The van der Waals surface area contributed by atoms with E-state index in [1.54, 1.807) is 18.2 Å². The van der Waals surface area contributed by atoms with Crippen LogP contribution in [-0.4, -0.2) is 59.0 Å². The predicted molar refractivity (Wildman–Crippen MR) is 154 cm³/mol. The van der Waals surface area contributed by atoms with Crippen LogP contribution in [-0.2, 0) is 20.2 Å². The molecule has 0 unspecified atom stereocenters. The molecule has 228 valence electrons. The third-order valence-corrected chi connectivity index (χ3v) is 8.99. The van der Waals surface area contributed by atoms with E-state index in [2.05, 4.69) is 10.3 Å². The third-order valence-electron chi connectivity index (χ3n) is 8.76. The van der Waals surface area contributed by atoms with Gasteiger partial charge < -0.3 is 24.5 Å². The maximum atomic E-state index is 15.9. The highest BCUT2D eigenvalue weighted by Crippen LogP contribution is 2.44. The number of benzene rings is 1. The van der Waals surface area contributed by atoms with Crippen LogP contribution in [0.2, 0.25) is 5.02 Å². The summed E-state index contributed by atoms with van der Waals surface area (Å²) in [6.07, 6.45) is 1.07. The largest absolute Gasteiger partial charge is 0.472 e. The van der Waals surface area contributed by atoms with Crippen molar-refractivity contribution in [3.8, 4) is 5.88 Å². The molecule has 2 amide bonds. The number of carbonyl (C=O) groups excluding carboxylic acids is 3. The van der Waals surface area contributed by atoms with Gasteiger partial charge in [-0.3, -0.25) is 4.79 Å². The average Bonchev–Trinajstić information content (AvgIpc) is 3.55. The van der Waals surface area contributed by atoms with E-state index in [4.69, 9.17) is 21.1 Å². The molecule has 1 saturated carbocycles. The van der Waals surface area contributed by atoms with Crippen LogP contribution in [0.3, 0.4) is 0 Å². The van der Waals surface area contributed by atoms with Gasteiger partial charge in [0.2, 0.25) is 11.8 Å². The molecule has 42 heavy (non-hydrogen) atoms. The summed E-state index contributed by atoms with van der Waals surface area (Å²) in [5, 5.41) is 3.66. The number of rotatable bonds is 2. The van der Waals surface area contributed by atoms with Crippen molar-refractivity contribution in [2.75, 3.05) is 6.54 Å². The van der Waals surface area contributed by atoms with Crippen LogP contribution in [0.25, 0.3) is 10.9 Å². The highest BCUT2D eigenvalue weighted by atomic mass is 35.5. The molecule has 3 aliphatic rings. The Balaban J connectivity index is 1.57. The fraction of sp³-hybridized carbons (Fsp3) is 0.613. The molecular formula is C31H38ClF2N3O5. The Kier molecular flexibility index (Phi) is 8.40. The van der Waals surface area contributed by atoms with Gasteiger partial charge in [0, 0.05) is 22.7 Å². The molecule has 1 aliphatic carbocycles. The minimum Gasteiger partial charge on any atom is -0.472 e. The normalized spacial score (nSPS) is 30.2. The summed E-state index contributed by atoms with van der Waals surface area (Å²) in [6.45, 7) is 7.27. The first kappa shape index (κ1) is 30.4. The van der Waals surface area contributed by atoms with Crippen LogP contribution in [0.4, 0.5) is 13.6 Å². The molecule has 1 aromatic carbocycles. The zero-order valence-corrected chi connectivity index (χ0v) is 25.1. The number of fused-ring (bicyclic) bond motifs is 5. The molecule has 2 fully saturated rings. The number of aromatic nitrogens is 1. The molecule has 1 saturated heterocycles. The quantitative estimate of drug-likeness (QED) is 0.406. The van der Waals surface area contributed by atoms with Crippen LogP contribution in [0, 0.1) is 17.3 Å². The summed E-state index contributed by atoms with van der Waals surface area (Å²) >= 11 is 6.18. The second-order valence-electron chi connectivity index (χ2n) is 12.9. The lowest BCUT2D eigenvalue weighted by atomic mass is 9.85. The molecule has 0 spiro atoms. The number of hydrogen-bond donors (Lipinski definition) is 1. The van der Waals surface area contributed by atoms with Crippen LogP contribution >= 0.6 is 11.6 Å². The summed E-state index contributed by atoms with van der Waals surface area (Å²) in [7, 11) is 0. The summed E-state index contributed by atoms with van der Waals surface area (Å²) in [6, 6.07) is 4.40. The number of ether oxygens (including phenoxy) is 2. The lowest BCUT2D eigenvalue weighted by Gasteiger charge is -2.34. The maximum Gasteiger partial charge on any atom is 0.408 e. The first-order chi connectivity index (χ1) is 19.8. The number of halogens is 3. The van der Waals surface area contributed by atoms with Crippen molar-refractivity contribution >= 4 is 40.8 Å². The van der Waals surface area contributed by atoms with Crippen molar-refractivity contribution in [1.29, 1.82) is 0 Å². The smallest absolute Gasteiger partial charge is 0.408 e. The summed E-state index contributed by atoms with van der Waals surface area (Å²) < 4.78 is 43.6. The Labute approximate surface area is 249 Å². The SMILES string of the molecule is CC[C@@H]1[C@@H]2CN(C(=O)[C@H](C(C)(C)C)NC(=O)O[C@@H]3C[C@H]3CCCCC(F)(F)c3cc4ccc(Cl)cc4nc3O2)[C@@H]1C=O. The van der Waals surface area contributed by atoms with Crippen molar-refractivity contribution < 1.29 is 32.6 Å². The fourth-order valence-electron chi connectivity index (χ4n) is 6.22. The number of hydrogen-bond acceptors (Lipinski definition) is 6. The van der Waals surface area contributed by atoms with Crippen molar-refractivity contribution in [1.82, 2.24) is 15.2 Å². The summed E-state index contributed by atoms with van der Waals surface area (Å²) in [5.41, 5.74) is -0.629. The molecule has 5 rings (SSSR count). The van der Waals surface area contributed by atoms with Gasteiger partial charge in [0.15, 0.2) is 0 Å². The number of nitrogens with one attached hydrogen (secondary N) is 1.